The zero-order chi connectivity index (χ0) is 8.93. The fraction of sp³-hybridized carbons (Fsp3) is 0.0909. The van der Waals surface area contributed by atoms with Gasteiger partial charge in [-0.15, -0.1) is 0 Å². The number of hydrogen-bond acceptors (Lipinski definition) is 2. The molecule has 0 aliphatic carbocycles. The van der Waals surface area contributed by atoms with Gasteiger partial charge in [0.1, 0.15) is 0 Å². The summed E-state index contributed by atoms with van der Waals surface area (Å²) in [5.74, 6) is 0. The first-order valence-electron chi connectivity index (χ1n) is 4.37. The summed E-state index contributed by atoms with van der Waals surface area (Å²) in [5.41, 5.74) is 8.41. The fourth-order valence-electron chi connectivity index (χ4n) is 1.22. The third-order valence-electron chi connectivity index (χ3n) is 1.91. The van der Waals surface area contributed by atoms with E-state index in [0.29, 0.717) is 0 Å². The van der Waals surface area contributed by atoms with Crippen LogP contribution in [0.15, 0.2) is 48.2 Å². The Morgan fingerprint density at radius 2 is 1.92 bits per heavy atom. The Hall–Kier alpha value is -1.54. The molecular formula is C11H12N2. The molecule has 13 heavy (non-hydrogen) atoms. The van der Waals surface area contributed by atoms with Crippen molar-refractivity contribution in [3.63, 3.8) is 0 Å². The van der Waals surface area contributed by atoms with Gasteiger partial charge in [0.2, 0.25) is 0 Å². The zero-order valence-electron chi connectivity index (χ0n) is 7.33. The molecule has 1 aliphatic heterocycles. The monoisotopic (exact) mass is 172 g/mol. The maximum Gasteiger partial charge on any atom is 0.0461 e. The first-order valence-corrected chi connectivity index (χ1v) is 4.37. The van der Waals surface area contributed by atoms with Crippen LogP contribution >= 0.6 is 0 Å². The number of benzene rings is 1. The van der Waals surface area contributed by atoms with E-state index in [1.54, 1.807) is 0 Å². The van der Waals surface area contributed by atoms with Gasteiger partial charge in [0.15, 0.2) is 0 Å². The molecule has 1 aromatic rings. The highest BCUT2D eigenvalue weighted by Gasteiger charge is 1.95. The Bertz CT molecular complexity index is 325. The summed E-state index contributed by atoms with van der Waals surface area (Å²) >= 11 is 0. The Kier molecular flexibility index (Phi) is 2.43. The smallest absolute Gasteiger partial charge is 0.0461 e. The normalized spacial score (nSPS) is 15.8. The predicted octanol–water partition coefficient (Wildman–Crippen LogP) is 1.69. The first-order chi connectivity index (χ1) is 6.45. The molecule has 2 N–H and O–H groups in total. The van der Waals surface area contributed by atoms with Crippen LogP contribution < -0.4 is 10.9 Å². The van der Waals surface area contributed by atoms with Gasteiger partial charge in [-0.2, -0.15) is 0 Å². The van der Waals surface area contributed by atoms with Crippen LogP contribution in [0.2, 0.25) is 0 Å². The van der Waals surface area contributed by atoms with Crippen LogP contribution in [0.25, 0.3) is 6.08 Å². The minimum absolute atomic E-state index is 0.897. The van der Waals surface area contributed by atoms with Gasteiger partial charge >= 0.3 is 0 Å². The second kappa shape index (κ2) is 3.92. The van der Waals surface area contributed by atoms with Gasteiger partial charge in [-0.25, -0.2) is 5.43 Å². The topological polar surface area (TPSA) is 24.1 Å². The van der Waals surface area contributed by atoms with E-state index in [0.717, 1.165) is 12.2 Å². The summed E-state index contributed by atoms with van der Waals surface area (Å²) < 4.78 is 0. The van der Waals surface area contributed by atoms with E-state index in [1.807, 2.05) is 18.2 Å². The summed E-state index contributed by atoms with van der Waals surface area (Å²) in [6, 6.07) is 10.3. The van der Waals surface area contributed by atoms with Crippen LogP contribution in [0.1, 0.15) is 5.56 Å². The van der Waals surface area contributed by atoms with Crippen molar-refractivity contribution in [1.82, 2.24) is 10.9 Å². The lowest BCUT2D eigenvalue weighted by molar-refractivity contribution is 0.710. The molecule has 1 aliphatic rings. The van der Waals surface area contributed by atoms with E-state index in [9.17, 15) is 0 Å². The van der Waals surface area contributed by atoms with Gasteiger partial charge < -0.3 is 5.43 Å². The molecule has 0 unspecified atom stereocenters. The molecule has 66 valence electrons. The van der Waals surface area contributed by atoms with E-state index in [2.05, 4.69) is 41.2 Å². The van der Waals surface area contributed by atoms with Crippen LogP contribution in [0.5, 0.6) is 0 Å². The van der Waals surface area contributed by atoms with Crippen molar-refractivity contribution in [2.24, 2.45) is 0 Å². The Morgan fingerprint density at radius 3 is 2.62 bits per heavy atom. The highest BCUT2D eigenvalue weighted by Crippen LogP contribution is 2.04. The lowest BCUT2D eigenvalue weighted by Crippen LogP contribution is -2.22. The van der Waals surface area contributed by atoms with Gasteiger partial charge in [0.25, 0.3) is 0 Å². The van der Waals surface area contributed by atoms with Gasteiger partial charge in [-0.1, -0.05) is 36.4 Å². The molecule has 2 nitrogen and oxygen atoms in total. The summed E-state index contributed by atoms with van der Waals surface area (Å²) in [4.78, 5) is 0. The van der Waals surface area contributed by atoms with Crippen molar-refractivity contribution in [3.05, 3.63) is 53.7 Å². The molecular weight excluding hydrogens is 160 g/mol. The van der Waals surface area contributed by atoms with Crippen LogP contribution in [-0.4, -0.2) is 6.54 Å². The summed E-state index contributed by atoms with van der Waals surface area (Å²) in [5, 5.41) is 0. The average Bonchev–Trinajstić information content (AvgIpc) is 2.69. The van der Waals surface area contributed by atoms with Gasteiger partial charge in [-0.05, 0) is 17.7 Å². The lowest BCUT2D eigenvalue weighted by Gasteiger charge is -1.96. The Morgan fingerprint density at radius 1 is 1.08 bits per heavy atom. The predicted molar refractivity (Wildman–Crippen MR) is 54.7 cm³/mol. The first kappa shape index (κ1) is 8.08. The average molecular weight is 172 g/mol. The second-order valence-corrected chi connectivity index (χ2v) is 2.91. The van der Waals surface area contributed by atoms with Crippen molar-refractivity contribution < 1.29 is 0 Å². The van der Waals surface area contributed by atoms with Gasteiger partial charge in [-0.3, -0.25) is 0 Å². The standard InChI is InChI=1S/C11H12N2/c1-2-4-10(5-3-1)6-7-11-8-9-12-13-11/h1-8,12-13H,9H2. The fourth-order valence-corrected chi connectivity index (χ4v) is 1.22. The van der Waals surface area contributed by atoms with Gasteiger partial charge in [0, 0.05) is 12.2 Å². The zero-order valence-corrected chi connectivity index (χ0v) is 7.33. The molecule has 0 atom stereocenters. The highest BCUT2D eigenvalue weighted by molar-refractivity contribution is 5.52. The SMILES string of the molecule is C(=Cc1ccccc1)C1=CCNN1. The molecule has 0 spiro atoms. The molecule has 0 saturated heterocycles. The van der Waals surface area contributed by atoms with E-state index in [-0.39, 0.29) is 0 Å². The maximum absolute atomic E-state index is 3.05. The molecule has 2 heteroatoms. The van der Waals surface area contributed by atoms with Crippen molar-refractivity contribution in [2.45, 2.75) is 0 Å². The number of rotatable bonds is 2. The van der Waals surface area contributed by atoms with Crippen molar-refractivity contribution in [3.8, 4) is 0 Å². The molecule has 0 radical (unpaired) electrons. The van der Waals surface area contributed by atoms with E-state index < -0.39 is 0 Å². The van der Waals surface area contributed by atoms with Crippen LogP contribution in [-0.2, 0) is 0 Å². The molecule has 1 aromatic carbocycles. The molecule has 0 bridgehead atoms. The van der Waals surface area contributed by atoms with Crippen LogP contribution in [0, 0.1) is 0 Å². The van der Waals surface area contributed by atoms with Crippen molar-refractivity contribution >= 4 is 6.08 Å². The van der Waals surface area contributed by atoms with Gasteiger partial charge in [0.05, 0.1) is 0 Å². The van der Waals surface area contributed by atoms with Crippen molar-refractivity contribution in [1.29, 1.82) is 0 Å². The maximum atomic E-state index is 3.05. The highest BCUT2D eigenvalue weighted by atomic mass is 15.4. The molecule has 0 aromatic heterocycles. The minimum Gasteiger partial charge on any atom is -0.321 e. The minimum atomic E-state index is 0.897. The van der Waals surface area contributed by atoms with Crippen molar-refractivity contribution in [2.75, 3.05) is 6.54 Å². The number of nitrogens with one attached hydrogen (secondary N) is 2. The third-order valence-corrected chi connectivity index (χ3v) is 1.91. The second-order valence-electron chi connectivity index (χ2n) is 2.91. The van der Waals surface area contributed by atoms with Crippen LogP contribution in [0.3, 0.4) is 0 Å². The van der Waals surface area contributed by atoms with E-state index >= 15 is 0 Å². The third kappa shape index (κ3) is 2.20. The molecule has 2 rings (SSSR count). The Labute approximate surface area is 77.9 Å². The number of hydrazine groups is 1. The lowest BCUT2D eigenvalue weighted by atomic mass is 10.2. The van der Waals surface area contributed by atoms with E-state index in [4.69, 9.17) is 0 Å². The summed E-state index contributed by atoms with van der Waals surface area (Å²) in [6.45, 7) is 0.897. The van der Waals surface area contributed by atoms with Crippen LogP contribution in [0.4, 0.5) is 0 Å². The number of allylic oxidation sites excluding steroid dienone is 1. The number of hydrogen-bond donors (Lipinski definition) is 2. The molecule has 0 fully saturated rings. The summed E-state index contributed by atoms with van der Waals surface area (Å²) in [6.07, 6.45) is 6.26. The molecule has 0 amide bonds. The quantitative estimate of drug-likeness (QED) is 0.709. The van der Waals surface area contributed by atoms with E-state index in [1.165, 1.54) is 5.56 Å². The molecule has 0 saturated carbocycles. The summed E-state index contributed by atoms with van der Waals surface area (Å²) in [7, 11) is 0. The largest absolute Gasteiger partial charge is 0.321 e. The molecule has 1 heterocycles. The Balaban J connectivity index is 2.05.